The van der Waals surface area contributed by atoms with E-state index in [4.69, 9.17) is 9.84 Å². The number of hydrogen-bond acceptors (Lipinski definition) is 5. The van der Waals surface area contributed by atoms with Gasteiger partial charge in [0.05, 0.1) is 13.2 Å². The molecule has 2 rings (SSSR count). The normalized spacial score (nSPS) is 17.1. The molecule has 1 saturated heterocycles. The maximum absolute atomic E-state index is 11.9. The number of carboxylic acids is 1. The number of aryl methyl sites for hydroxylation is 1. The van der Waals surface area contributed by atoms with E-state index < -0.39 is 5.97 Å². The van der Waals surface area contributed by atoms with Gasteiger partial charge in [0, 0.05) is 44.8 Å². The first kappa shape index (κ1) is 16.4. The lowest BCUT2D eigenvalue weighted by atomic mass is 10.2. The van der Waals surface area contributed by atoms with Crippen LogP contribution in [0.5, 0.6) is 0 Å². The molecule has 122 valence electrons. The maximum Gasteiger partial charge on any atom is 0.356 e. The third-order valence-corrected chi connectivity index (χ3v) is 3.47. The number of aromatic nitrogens is 2. The number of carboxylic acid groups (broad SMARTS) is 1. The molecule has 2 heterocycles. The molecule has 0 aliphatic carbocycles. The number of carbonyl (C=O) groups is 2. The highest BCUT2D eigenvalue weighted by Gasteiger charge is 2.15. The summed E-state index contributed by atoms with van der Waals surface area (Å²) in [4.78, 5) is 24.9. The monoisotopic (exact) mass is 310 g/mol. The summed E-state index contributed by atoms with van der Waals surface area (Å²) in [7, 11) is 0. The second kappa shape index (κ2) is 7.90. The van der Waals surface area contributed by atoms with Crippen molar-refractivity contribution in [2.75, 3.05) is 32.8 Å². The molecule has 1 fully saturated rings. The molecule has 22 heavy (non-hydrogen) atoms. The fraction of sp³-hybridized carbons (Fsp3) is 0.643. The molecule has 1 amide bonds. The second-order valence-electron chi connectivity index (χ2n) is 5.40. The summed E-state index contributed by atoms with van der Waals surface area (Å²) in [6.07, 6.45) is 1.84. The van der Waals surface area contributed by atoms with Crippen molar-refractivity contribution in [3.8, 4) is 0 Å². The first-order chi connectivity index (χ1) is 10.5. The SMILES string of the molecule is CC(CN1CCOCC1)NC(=O)CCn1ccc(C(=O)O)n1. The average molecular weight is 310 g/mol. The van der Waals surface area contributed by atoms with Crippen molar-refractivity contribution in [1.29, 1.82) is 0 Å². The zero-order chi connectivity index (χ0) is 15.9. The van der Waals surface area contributed by atoms with Crippen molar-refractivity contribution in [3.05, 3.63) is 18.0 Å². The molecular formula is C14H22N4O4. The van der Waals surface area contributed by atoms with Crippen LogP contribution in [0, 0.1) is 0 Å². The molecule has 8 heteroatoms. The Labute approximate surface area is 129 Å². The van der Waals surface area contributed by atoms with Crippen LogP contribution in [-0.4, -0.2) is 70.6 Å². The van der Waals surface area contributed by atoms with E-state index in [0.717, 1.165) is 32.8 Å². The zero-order valence-electron chi connectivity index (χ0n) is 12.7. The highest BCUT2D eigenvalue weighted by atomic mass is 16.5. The highest BCUT2D eigenvalue weighted by Crippen LogP contribution is 2.00. The topological polar surface area (TPSA) is 96.7 Å². The van der Waals surface area contributed by atoms with Crippen LogP contribution >= 0.6 is 0 Å². The average Bonchev–Trinajstić information content (AvgIpc) is 2.95. The number of nitrogens with zero attached hydrogens (tertiary/aromatic N) is 3. The Hall–Kier alpha value is -1.93. The van der Waals surface area contributed by atoms with Crippen LogP contribution in [0.25, 0.3) is 0 Å². The van der Waals surface area contributed by atoms with E-state index in [2.05, 4.69) is 15.3 Å². The van der Waals surface area contributed by atoms with Crippen LogP contribution in [0.2, 0.25) is 0 Å². The molecule has 1 aliphatic heterocycles. The van der Waals surface area contributed by atoms with Gasteiger partial charge in [-0.2, -0.15) is 5.10 Å². The van der Waals surface area contributed by atoms with Crippen molar-refractivity contribution in [2.45, 2.75) is 25.9 Å². The second-order valence-corrected chi connectivity index (χ2v) is 5.40. The number of morpholine rings is 1. The van der Waals surface area contributed by atoms with Crippen LogP contribution in [0.1, 0.15) is 23.8 Å². The van der Waals surface area contributed by atoms with Crippen molar-refractivity contribution in [1.82, 2.24) is 20.0 Å². The Kier molecular flexibility index (Phi) is 5.91. The highest BCUT2D eigenvalue weighted by molar-refractivity contribution is 5.85. The summed E-state index contributed by atoms with van der Waals surface area (Å²) in [6.45, 7) is 6.42. The van der Waals surface area contributed by atoms with Gasteiger partial charge in [-0.25, -0.2) is 4.79 Å². The molecular weight excluding hydrogens is 288 g/mol. The maximum atomic E-state index is 11.9. The van der Waals surface area contributed by atoms with E-state index in [1.54, 1.807) is 6.20 Å². The molecule has 8 nitrogen and oxygen atoms in total. The first-order valence-electron chi connectivity index (χ1n) is 7.41. The summed E-state index contributed by atoms with van der Waals surface area (Å²) in [5.41, 5.74) is -0.0129. The van der Waals surface area contributed by atoms with E-state index in [1.165, 1.54) is 10.7 Å². The van der Waals surface area contributed by atoms with Crippen molar-refractivity contribution < 1.29 is 19.4 Å². The summed E-state index contributed by atoms with van der Waals surface area (Å²) >= 11 is 0. The van der Waals surface area contributed by atoms with Gasteiger partial charge in [0.25, 0.3) is 0 Å². The predicted molar refractivity (Wildman–Crippen MR) is 78.7 cm³/mol. The predicted octanol–water partition coefficient (Wildman–Crippen LogP) is -0.192. The molecule has 0 radical (unpaired) electrons. The minimum atomic E-state index is -1.07. The van der Waals surface area contributed by atoms with Gasteiger partial charge in [0.1, 0.15) is 0 Å². The van der Waals surface area contributed by atoms with Gasteiger partial charge in [-0.15, -0.1) is 0 Å². The zero-order valence-corrected chi connectivity index (χ0v) is 12.7. The summed E-state index contributed by atoms with van der Waals surface area (Å²) in [6, 6.07) is 1.49. The Bertz CT molecular complexity index is 511. The number of carbonyl (C=O) groups excluding carboxylic acids is 1. The molecule has 1 aromatic rings. The standard InChI is InChI=1S/C14H22N4O4/c1-11(10-17-6-8-22-9-7-17)15-13(19)3-5-18-4-2-12(16-18)14(20)21/h2,4,11H,3,5-10H2,1H3,(H,15,19)(H,20,21). The van der Waals surface area contributed by atoms with Gasteiger partial charge >= 0.3 is 5.97 Å². The number of rotatable bonds is 7. The number of nitrogens with one attached hydrogen (secondary N) is 1. The summed E-state index contributed by atoms with van der Waals surface area (Å²) in [5, 5.41) is 15.6. The van der Waals surface area contributed by atoms with Crippen LogP contribution < -0.4 is 5.32 Å². The molecule has 0 bridgehead atoms. The lowest BCUT2D eigenvalue weighted by Crippen LogP contribution is -2.46. The summed E-state index contributed by atoms with van der Waals surface area (Å²) < 4.78 is 6.76. The molecule has 2 N–H and O–H groups in total. The van der Waals surface area contributed by atoms with E-state index in [-0.39, 0.29) is 24.1 Å². The van der Waals surface area contributed by atoms with Crippen LogP contribution in [-0.2, 0) is 16.1 Å². The van der Waals surface area contributed by atoms with Crippen molar-refractivity contribution >= 4 is 11.9 Å². The van der Waals surface area contributed by atoms with E-state index in [0.29, 0.717) is 6.54 Å². The third kappa shape index (κ3) is 5.12. The van der Waals surface area contributed by atoms with Crippen LogP contribution in [0.4, 0.5) is 0 Å². The van der Waals surface area contributed by atoms with E-state index >= 15 is 0 Å². The Balaban J connectivity index is 1.69. The lowest BCUT2D eigenvalue weighted by Gasteiger charge is -2.29. The van der Waals surface area contributed by atoms with Crippen molar-refractivity contribution in [2.24, 2.45) is 0 Å². The Morgan fingerprint density at radius 1 is 1.45 bits per heavy atom. The Morgan fingerprint density at radius 2 is 2.18 bits per heavy atom. The van der Waals surface area contributed by atoms with E-state index in [9.17, 15) is 9.59 Å². The largest absolute Gasteiger partial charge is 0.476 e. The van der Waals surface area contributed by atoms with Gasteiger partial charge in [0.15, 0.2) is 5.69 Å². The van der Waals surface area contributed by atoms with Gasteiger partial charge in [-0.05, 0) is 13.0 Å². The molecule has 1 aromatic heterocycles. The van der Waals surface area contributed by atoms with Gasteiger partial charge in [-0.3, -0.25) is 14.4 Å². The molecule has 0 aromatic carbocycles. The lowest BCUT2D eigenvalue weighted by molar-refractivity contribution is -0.122. The van der Waals surface area contributed by atoms with Gasteiger partial charge in [-0.1, -0.05) is 0 Å². The Morgan fingerprint density at radius 3 is 2.82 bits per heavy atom. The first-order valence-corrected chi connectivity index (χ1v) is 7.41. The number of aromatic carboxylic acids is 1. The summed E-state index contributed by atoms with van der Waals surface area (Å²) in [5.74, 6) is -1.13. The number of ether oxygens (including phenoxy) is 1. The minimum Gasteiger partial charge on any atom is -0.476 e. The molecule has 1 aliphatic rings. The van der Waals surface area contributed by atoms with Gasteiger partial charge in [0.2, 0.25) is 5.91 Å². The quantitative estimate of drug-likeness (QED) is 0.724. The van der Waals surface area contributed by atoms with Crippen LogP contribution in [0.15, 0.2) is 12.3 Å². The third-order valence-electron chi connectivity index (χ3n) is 3.47. The fourth-order valence-corrected chi connectivity index (χ4v) is 2.38. The van der Waals surface area contributed by atoms with Crippen LogP contribution in [0.3, 0.4) is 0 Å². The fourth-order valence-electron chi connectivity index (χ4n) is 2.38. The number of amides is 1. The smallest absolute Gasteiger partial charge is 0.356 e. The van der Waals surface area contributed by atoms with E-state index in [1.807, 2.05) is 6.92 Å². The molecule has 1 unspecified atom stereocenters. The van der Waals surface area contributed by atoms with Gasteiger partial charge < -0.3 is 15.2 Å². The molecule has 1 atom stereocenters. The number of hydrogen-bond donors (Lipinski definition) is 2. The molecule has 0 spiro atoms. The van der Waals surface area contributed by atoms with Crippen molar-refractivity contribution in [3.63, 3.8) is 0 Å². The molecule has 0 saturated carbocycles. The minimum absolute atomic E-state index is 0.0129.